The van der Waals surface area contributed by atoms with Crippen molar-refractivity contribution in [3.8, 4) is 0 Å². The Balaban J connectivity index is 1.61. The molecule has 0 aromatic carbocycles. The second-order valence-corrected chi connectivity index (χ2v) is 9.39. The first-order valence-corrected chi connectivity index (χ1v) is 10.2. The fraction of sp³-hybridized carbons (Fsp3) is 0.647. The molecule has 3 aliphatic rings. The topological polar surface area (TPSA) is 67.3 Å². The molecule has 124 valence electrons. The Morgan fingerprint density at radius 3 is 2.70 bits per heavy atom. The van der Waals surface area contributed by atoms with Crippen LogP contribution in [-0.4, -0.2) is 47.8 Å². The minimum atomic E-state index is -3.04. The maximum Gasteiger partial charge on any atom is 0.256 e. The number of rotatable bonds is 2. The number of hydrogen-bond acceptors (Lipinski definition) is 4. The Morgan fingerprint density at radius 2 is 2.00 bits per heavy atom. The highest BCUT2D eigenvalue weighted by atomic mass is 32.2. The summed E-state index contributed by atoms with van der Waals surface area (Å²) in [4.78, 5) is 19.4. The lowest BCUT2D eigenvalue weighted by Gasteiger charge is -2.37. The highest BCUT2D eigenvalue weighted by Crippen LogP contribution is 2.39. The summed E-state index contributed by atoms with van der Waals surface area (Å²) >= 11 is 0. The van der Waals surface area contributed by atoms with Crippen LogP contribution in [0.1, 0.15) is 59.8 Å². The predicted octanol–water partition coefficient (Wildman–Crippen LogP) is 2.06. The first-order chi connectivity index (χ1) is 11.0. The molecule has 5 nitrogen and oxygen atoms in total. The quantitative estimate of drug-likeness (QED) is 0.830. The zero-order chi connectivity index (χ0) is 16.2. The monoisotopic (exact) mass is 334 g/mol. The highest BCUT2D eigenvalue weighted by molar-refractivity contribution is 7.92. The number of nitrogens with zero attached hydrogens (tertiary/aromatic N) is 2. The zero-order valence-electron chi connectivity index (χ0n) is 13.4. The molecule has 4 rings (SSSR count). The summed E-state index contributed by atoms with van der Waals surface area (Å²) in [5, 5.41) is -0.362. The molecule has 1 saturated heterocycles. The molecular weight excluding hydrogens is 312 g/mol. The molecule has 23 heavy (non-hydrogen) atoms. The van der Waals surface area contributed by atoms with Crippen LogP contribution in [0.5, 0.6) is 0 Å². The van der Waals surface area contributed by atoms with Crippen LogP contribution in [0, 0.1) is 6.92 Å². The van der Waals surface area contributed by atoms with Crippen LogP contribution in [0.25, 0.3) is 0 Å². The molecular formula is C17H22N2O3S. The molecule has 2 atom stereocenters. The van der Waals surface area contributed by atoms with E-state index in [1.807, 2.05) is 19.1 Å². The molecule has 1 aliphatic heterocycles. The second kappa shape index (κ2) is 5.30. The number of pyridine rings is 1. The molecule has 1 aromatic rings. The summed E-state index contributed by atoms with van der Waals surface area (Å²) in [6.07, 6.45) is 4.74. The molecule has 2 aliphatic carbocycles. The average Bonchev–Trinajstić information content (AvgIpc) is 3.23. The largest absolute Gasteiger partial charge is 0.333 e. The Hall–Kier alpha value is -1.43. The molecule has 3 fully saturated rings. The van der Waals surface area contributed by atoms with Gasteiger partial charge in [-0.3, -0.25) is 9.78 Å². The van der Waals surface area contributed by atoms with Gasteiger partial charge in [0.1, 0.15) is 0 Å². The van der Waals surface area contributed by atoms with E-state index >= 15 is 0 Å². The van der Waals surface area contributed by atoms with E-state index < -0.39 is 9.84 Å². The number of carbonyl (C=O) groups is 1. The van der Waals surface area contributed by atoms with Gasteiger partial charge in [-0.05, 0) is 51.2 Å². The number of fused-ring (bicyclic) bond motifs is 1. The third-order valence-corrected chi connectivity index (χ3v) is 7.71. The fourth-order valence-electron chi connectivity index (χ4n) is 4.04. The Bertz CT molecular complexity index is 755. The van der Waals surface area contributed by atoms with E-state index in [4.69, 9.17) is 0 Å². The van der Waals surface area contributed by atoms with E-state index in [0.717, 1.165) is 24.2 Å². The van der Waals surface area contributed by atoms with E-state index in [0.29, 0.717) is 24.4 Å². The van der Waals surface area contributed by atoms with Crippen molar-refractivity contribution < 1.29 is 13.2 Å². The molecule has 2 heterocycles. The highest BCUT2D eigenvalue weighted by Gasteiger charge is 2.46. The van der Waals surface area contributed by atoms with E-state index in [1.54, 1.807) is 4.90 Å². The maximum atomic E-state index is 13.0. The summed E-state index contributed by atoms with van der Waals surface area (Å²) in [6.45, 7) is 2.19. The first kappa shape index (κ1) is 15.1. The van der Waals surface area contributed by atoms with Gasteiger partial charge < -0.3 is 4.90 Å². The first-order valence-electron chi connectivity index (χ1n) is 8.47. The van der Waals surface area contributed by atoms with Crippen LogP contribution in [0.2, 0.25) is 0 Å². The van der Waals surface area contributed by atoms with Gasteiger partial charge in [0.15, 0.2) is 9.84 Å². The number of hydrogen-bond donors (Lipinski definition) is 0. The van der Waals surface area contributed by atoms with Crippen molar-refractivity contribution in [3.05, 3.63) is 29.1 Å². The van der Waals surface area contributed by atoms with Gasteiger partial charge >= 0.3 is 0 Å². The Labute approximate surface area is 137 Å². The van der Waals surface area contributed by atoms with E-state index in [-0.39, 0.29) is 23.0 Å². The molecule has 6 heteroatoms. The van der Waals surface area contributed by atoms with E-state index in [9.17, 15) is 13.2 Å². The van der Waals surface area contributed by atoms with Crippen LogP contribution >= 0.6 is 0 Å². The van der Waals surface area contributed by atoms with Crippen LogP contribution in [0.4, 0.5) is 0 Å². The van der Waals surface area contributed by atoms with E-state index in [2.05, 4.69) is 4.98 Å². The lowest BCUT2D eigenvalue weighted by Crippen LogP contribution is -2.54. The van der Waals surface area contributed by atoms with E-state index in [1.165, 1.54) is 12.8 Å². The van der Waals surface area contributed by atoms with Crippen molar-refractivity contribution in [2.75, 3.05) is 12.3 Å². The average molecular weight is 334 g/mol. The van der Waals surface area contributed by atoms with Crippen molar-refractivity contribution in [2.24, 2.45) is 0 Å². The summed E-state index contributed by atoms with van der Waals surface area (Å²) in [5.74, 6) is 0.605. The van der Waals surface area contributed by atoms with Crippen LogP contribution < -0.4 is 0 Å². The lowest BCUT2D eigenvalue weighted by atomic mass is 10.1. The molecule has 0 bridgehead atoms. The predicted molar refractivity (Wildman–Crippen MR) is 87.2 cm³/mol. The van der Waals surface area contributed by atoms with Crippen LogP contribution in [-0.2, 0) is 9.84 Å². The standard InChI is InChI=1S/C17H22N2O3S/c1-11-13(7-8-14(18-11)12-5-6-12)17(20)19-9-10-23(21,22)16-4-2-3-15(16)19/h7-8,12,15-16H,2-6,9-10H2,1H3. The summed E-state index contributed by atoms with van der Waals surface area (Å²) < 4.78 is 24.4. The maximum absolute atomic E-state index is 13.0. The van der Waals surface area contributed by atoms with Gasteiger partial charge in [0, 0.05) is 24.2 Å². The SMILES string of the molecule is Cc1nc(C2CC2)ccc1C(=O)N1CCS(=O)(=O)C2CCCC21. The zero-order valence-corrected chi connectivity index (χ0v) is 14.2. The number of amides is 1. The van der Waals surface area contributed by atoms with Gasteiger partial charge in [0.25, 0.3) is 5.91 Å². The van der Waals surface area contributed by atoms with Crippen LogP contribution in [0.15, 0.2) is 12.1 Å². The summed E-state index contributed by atoms with van der Waals surface area (Å²) in [5.41, 5.74) is 2.47. The van der Waals surface area contributed by atoms with Crippen molar-refractivity contribution in [3.63, 3.8) is 0 Å². The van der Waals surface area contributed by atoms with Gasteiger partial charge in [-0.1, -0.05) is 0 Å². The van der Waals surface area contributed by atoms with Crippen molar-refractivity contribution in [2.45, 2.75) is 56.2 Å². The number of sulfone groups is 1. The summed E-state index contributed by atoms with van der Waals surface area (Å²) in [6, 6.07) is 3.69. The number of aryl methyl sites for hydroxylation is 1. The third-order valence-electron chi connectivity index (χ3n) is 5.49. The normalized spacial score (nSPS) is 29.3. The number of carbonyl (C=O) groups excluding carboxylic acids is 1. The fourth-order valence-corrected chi connectivity index (χ4v) is 6.09. The van der Waals surface area contributed by atoms with Gasteiger partial charge in [0.05, 0.1) is 22.3 Å². The van der Waals surface area contributed by atoms with Gasteiger partial charge in [-0.25, -0.2) is 8.42 Å². The second-order valence-electron chi connectivity index (χ2n) is 7.05. The van der Waals surface area contributed by atoms with Crippen molar-refractivity contribution >= 4 is 15.7 Å². The molecule has 0 radical (unpaired) electrons. The lowest BCUT2D eigenvalue weighted by molar-refractivity contribution is 0.0685. The van der Waals surface area contributed by atoms with Gasteiger partial charge in [-0.2, -0.15) is 0 Å². The third kappa shape index (κ3) is 2.57. The molecule has 1 amide bonds. The molecule has 0 spiro atoms. The Kier molecular flexibility index (Phi) is 3.48. The minimum absolute atomic E-state index is 0.0517. The molecule has 1 aromatic heterocycles. The van der Waals surface area contributed by atoms with Crippen molar-refractivity contribution in [1.82, 2.24) is 9.88 Å². The molecule has 2 saturated carbocycles. The van der Waals surface area contributed by atoms with Crippen LogP contribution in [0.3, 0.4) is 0 Å². The smallest absolute Gasteiger partial charge is 0.256 e. The van der Waals surface area contributed by atoms with Gasteiger partial charge in [0.2, 0.25) is 0 Å². The Morgan fingerprint density at radius 1 is 1.22 bits per heavy atom. The minimum Gasteiger partial charge on any atom is -0.333 e. The van der Waals surface area contributed by atoms with Gasteiger partial charge in [-0.15, -0.1) is 0 Å². The molecule has 2 unspecified atom stereocenters. The van der Waals surface area contributed by atoms with Crippen molar-refractivity contribution in [1.29, 1.82) is 0 Å². The summed E-state index contributed by atoms with van der Waals surface area (Å²) in [7, 11) is -3.04. The molecule has 0 N–H and O–H groups in total. The number of aromatic nitrogens is 1.